The Morgan fingerprint density at radius 2 is 2.05 bits per heavy atom. The number of carboxylic acid groups (broad SMARTS) is 1. The summed E-state index contributed by atoms with van der Waals surface area (Å²) in [6, 6.07) is 7.82. The summed E-state index contributed by atoms with van der Waals surface area (Å²) in [5, 5.41) is 10.4. The van der Waals surface area contributed by atoms with Gasteiger partial charge >= 0.3 is 5.97 Å². The molecule has 2 N–H and O–H groups in total. The number of thiophene rings is 1. The molecule has 8 heteroatoms. The van der Waals surface area contributed by atoms with E-state index in [0.717, 1.165) is 11.3 Å². The third-order valence-electron chi connectivity index (χ3n) is 2.54. The van der Waals surface area contributed by atoms with Crippen LogP contribution in [0.4, 0.5) is 5.69 Å². The molecule has 0 unspecified atom stereocenters. The van der Waals surface area contributed by atoms with E-state index in [1.54, 1.807) is 31.2 Å². The summed E-state index contributed by atoms with van der Waals surface area (Å²) >= 11 is 0.860. The van der Waals surface area contributed by atoms with Gasteiger partial charge < -0.3 is 9.84 Å². The van der Waals surface area contributed by atoms with Crippen LogP contribution in [0, 0.1) is 0 Å². The summed E-state index contributed by atoms with van der Waals surface area (Å²) in [5.74, 6) is -0.890. The molecular weight excluding hydrogens is 314 g/mol. The van der Waals surface area contributed by atoms with Gasteiger partial charge in [-0.15, -0.1) is 11.3 Å². The maximum absolute atomic E-state index is 12.3. The Hall–Kier alpha value is -2.06. The van der Waals surface area contributed by atoms with Crippen molar-refractivity contribution in [2.75, 3.05) is 11.3 Å². The average molecular weight is 327 g/mol. The second kappa shape index (κ2) is 6.15. The van der Waals surface area contributed by atoms with Crippen molar-refractivity contribution in [3.63, 3.8) is 0 Å². The number of hydrogen-bond acceptors (Lipinski definition) is 5. The van der Waals surface area contributed by atoms with Crippen LogP contribution in [-0.4, -0.2) is 26.1 Å². The van der Waals surface area contributed by atoms with E-state index in [2.05, 4.69) is 4.72 Å². The first kappa shape index (κ1) is 15.3. The van der Waals surface area contributed by atoms with Crippen molar-refractivity contribution in [2.45, 2.75) is 11.8 Å². The third kappa shape index (κ3) is 3.34. The molecule has 0 saturated carbocycles. The fourth-order valence-corrected chi connectivity index (χ4v) is 4.03. The normalized spacial score (nSPS) is 11.1. The first-order chi connectivity index (χ1) is 9.95. The SMILES string of the molecule is CCOc1ccccc1NS(=O)(=O)c1ccsc1C(=O)O. The minimum atomic E-state index is -3.99. The molecule has 2 rings (SSSR count). The van der Waals surface area contributed by atoms with Crippen molar-refractivity contribution in [3.05, 3.63) is 40.6 Å². The Bertz CT molecular complexity index is 751. The average Bonchev–Trinajstić information content (AvgIpc) is 2.91. The Balaban J connectivity index is 2.38. The second-order valence-electron chi connectivity index (χ2n) is 3.95. The van der Waals surface area contributed by atoms with Crippen molar-refractivity contribution in [2.24, 2.45) is 0 Å². The minimum Gasteiger partial charge on any atom is -0.492 e. The molecule has 0 amide bonds. The van der Waals surface area contributed by atoms with Crippen LogP contribution in [0.5, 0.6) is 5.75 Å². The first-order valence-electron chi connectivity index (χ1n) is 6.01. The summed E-state index contributed by atoms with van der Waals surface area (Å²) in [7, 11) is -3.99. The maximum Gasteiger partial charge on any atom is 0.347 e. The van der Waals surface area contributed by atoms with Crippen molar-refractivity contribution in [1.29, 1.82) is 0 Å². The van der Waals surface area contributed by atoms with Gasteiger partial charge in [0.05, 0.1) is 12.3 Å². The quantitative estimate of drug-likeness (QED) is 0.851. The van der Waals surface area contributed by atoms with E-state index in [1.165, 1.54) is 11.4 Å². The van der Waals surface area contributed by atoms with Gasteiger partial charge in [0.2, 0.25) is 0 Å². The van der Waals surface area contributed by atoms with Gasteiger partial charge in [0, 0.05) is 0 Å². The van der Waals surface area contributed by atoms with Crippen LogP contribution in [0.2, 0.25) is 0 Å². The van der Waals surface area contributed by atoms with Gasteiger partial charge in [-0.05, 0) is 30.5 Å². The van der Waals surface area contributed by atoms with Crippen molar-refractivity contribution < 1.29 is 23.1 Å². The predicted octanol–water partition coefficient (Wildman–Crippen LogP) is 2.65. The van der Waals surface area contributed by atoms with E-state index in [-0.39, 0.29) is 15.5 Å². The largest absolute Gasteiger partial charge is 0.492 e. The van der Waals surface area contributed by atoms with E-state index in [4.69, 9.17) is 9.84 Å². The molecule has 0 spiro atoms. The number of sulfonamides is 1. The van der Waals surface area contributed by atoms with Crippen LogP contribution in [0.3, 0.4) is 0 Å². The summed E-state index contributed by atoms with van der Waals surface area (Å²) < 4.78 is 32.3. The molecule has 112 valence electrons. The molecular formula is C13H13NO5S2. The number of anilines is 1. The Morgan fingerprint density at radius 3 is 2.71 bits per heavy atom. The fraction of sp³-hybridized carbons (Fsp3) is 0.154. The highest BCUT2D eigenvalue weighted by molar-refractivity contribution is 7.93. The summed E-state index contributed by atoms with van der Waals surface area (Å²) in [5.41, 5.74) is 0.266. The first-order valence-corrected chi connectivity index (χ1v) is 8.37. The van der Waals surface area contributed by atoms with Crippen molar-refractivity contribution >= 4 is 33.0 Å². The Morgan fingerprint density at radius 1 is 1.33 bits per heavy atom. The molecule has 1 aromatic heterocycles. The summed E-state index contributed by atoms with van der Waals surface area (Å²) in [4.78, 5) is 10.6. The van der Waals surface area contributed by atoms with E-state index in [9.17, 15) is 13.2 Å². The molecule has 0 saturated heterocycles. The lowest BCUT2D eigenvalue weighted by Gasteiger charge is -2.12. The Labute approximate surface area is 126 Å². The van der Waals surface area contributed by atoms with E-state index in [1.807, 2.05) is 0 Å². The van der Waals surface area contributed by atoms with Crippen LogP contribution >= 0.6 is 11.3 Å². The Kier molecular flexibility index (Phi) is 4.49. The predicted molar refractivity (Wildman–Crippen MR) is 79.7 cm³/mol. The van der Waals surface area contributed by atoms with Crippen LogP contribution in [0.15, 0.2) is 40.6 Å². The smallest absolute Gasteiger partial charge is 0.347 e. The van der Waals surface area contributed by atoms with E-state index < -0.39 is 16.0 Å². The van der Waals surface area contributed by atoms with Gasteiger partial charge in [-0.2, -0.15) is 0 Å². The van der Waals surface area contributed by atoms with E-state index >= 15 is 0 Å². The van der Waals surface area contributed by atoms with Crippen LogP contribution in [0.1, 0.15) is 16.6 Å². The molecule has 1 aromatic carbocycles. The number of hydrogen-bond donors (Lipinski definition) is 2. The third-order valence-corrected chi connectivity index (χ3v) is 4.98. The maximum atomic E-state index is 12.3. The molecule has 21 heavy (non-hydrogen) atoms. The molecule has 0 aliphatic rings. The number of benzene rings is 1. The molecule has 0 aliphatic heterocycles. The lowest BCUT2D eigenvalue weighted by molar-refractivity contribution is 0.0698. The number of nitrogens with one attached hydrogen (secondary N) is 1. The monoisotopic (exact) mass is 327 g/mol. The zero-order valence-electron chi connectivity index (χ0n) is 11.1. The van der Waals surface area contributed by atoms with Crippen LogP contribution in [0.25, 0.3) is 0 Å². The van der Waals surface area contributed by atoms with Crippen LogP contribution in [-0.2, 0) is 10.0 Å². The van der Waals surface area contributed by atoms with Gasteiger partial charge in [0.25, 0.3) is 10.0 Å². The molecule has 2 aromatic rings. The van der Waals surface area contributed by atoms with Gasteiger partial charge in [-0.1, -0.05) is 12.1 Å². The second-order valence-corrected chi connectivity index (χ2v) is 6.52. The van der Waals surface area contributed by atoms with Crippen molar-refractivity contribution in [3.8, 4) is 5.75 Å². The highest BCUT2D eigenvalue weighted by Crippen LogP contribution is 2.29. The molecule has 0 radical (unpaired) electrons. The summed E-state index contributed by atoms with van der Waals surface area (Å²) in [6.45, 7) is 2.17. The number of ether oxygens (including phenoxy) is 1. The molecule has 1 heterocycles. The number of carbonyl (C=O) groups is 1. The summed E-state index contributed by atoms with van der Waals surface area (Å²) in [6.07, 6.45) is 0. The lowest BCUT2D eigenvalue weighted by Crippen LogP contribution is -2.15. The number of carboxylic acids is 1. The van der Waals surface area contributed by atoms with Gasteiger partial charge in [0.1, 0.15) is 15.5 Å². The van der Waals surface area contributed by atoms with E-state index in [0.29, 0.717) is 12.4 Å². The van der Waals surface area contributed by atoms with Crippen LogP contribution < -0.4 is 9.46 Å². The molecule has 0 fully saturated rings. The minimum absolute atomic E-state index is 0.226. The standard InChI is InChI=1S/C13H13NO5S2/c1-2-19-10-6-4-3-5-9(10)14-21(17,18)11-7-8-20-12(11)13(15)16/h3-8,14H,2H2,1H3,(H,15,16). The fourth-order valence-electron chi connectivity index (χ4n) is 1.70. The molecule has 6 nitrogen and oxygen atoms in total. The number of para-hydroxylation sites is 2. The number of aromatic carboxylic acids is 1. The zero-order valence-corrected chi connectivity index (χ0v) is 12.7. The highest BCUT2D eigenvalue weighted by atomic mass is 32.2. The van der Waals surface area contributed by atoms with Crippen molar-refractivity contribution in [1.82, 2.24) is 0 Å². The van der Waals surface area contributed by atoms with Gasteiger partial charge in [0.15, 0.2) is 0 Å². The van der Waals surface area contributed by atoms with Gasteiger partial charge in [-0.25, -0.2) is 13.2 Å². The molecule has 0 atom stereocenters. The number of rotatable bonds is 6. The van der Waals surface area contributed by atoms with Gasteiger partial charge in [-0.3, -0.25) is 4.72 Å². The lowest BCUT2D eigenvalue weighted by atomic mass is 10.3. The zero-order chi connectivity index (χ0) is 15.5. The highest BCUT2D eigenvalue weighted by Gasteiger charge is 2.24. The molecule has 0 aliphatic carbocycles. The topological polar surface area (TPSA) is 92.7 Å². The molecule has 0 bridgehead atoms.